The Labute approximate surface area is 114 Å². The molecule has 20 heavy (non-hydrogen) atoms. The summed E-state index contributed by atoms with van der Waals surface area (Å²) in [4.78, 5) is 11.9. The number of carbonyl (C=O) groups excluding carboxylic acids is 1. The van der Waals surface area contributed by atoms with Crippen LogP contribution in [0.3, 0.4) is 0 Å². The largest absolute Gasteiger partial charge is 0.416 e. The van der Waals surface area contributed by atoms with E-state index >= 15 is 0 Å². The van der Waals surface area contributed by atoms with E-state index in [-0.39, 0.29) is 6.54 Å². The third-order valence-electron chi connectivity index (χ3n) is 3.18. The monoisotopic (exact) mass is 292 g/mol. The first kappa shape index (κ1) is 16.4. The number of rotatable bonds is 4. The molecule has 1 aromatic rings. The van der Waals surface area contributed by atoms with E-state index in [1.54, 1.807) is 13.8 Å². The molecule has 112 valence electrons. The second-order valence-corrected chi connectivity index (χ2v) is 4.76. The van der Waals surface area contributed by atoms with Crippen molar-refractivity contribution in [3.05, 3.63) is 35.1 Å². The third-order valence-corrected chi connectivity index (χ3v) is 3.18. The first-order valence-electron chi connectivity index (χ1n) is 6.02. The summed E-state index contributed by atoms with van der Waals surface area (Å²) < 4.78 is 51.2. The van der Waals surface area contributed by atoms with E-state index in [0.29, 0.717) is 24.6 Å². The first-order chi connectivity index (χ1) is 9.13. The smallest absolute Gasteiger partial charge is 0.346 e. The van der Waals surface area contributed by atoms with Crippen molar-refractivity contribution >= 4 is 5.91 Å². The highest BCUT2D eigenvalue weighted by Gasteiger charge is 2.32. The standard InChI is InChI=1S/C13H16F4N2O/c1-3-12(2,7-18)19-11(20)9-6-8(13(15,16)17)4-5-10(9)14/h4-6H,3,7,18H2,1-2H3,(H,19,20). The molecular weight excluding hydrogens is 276 g/mol. The fourth-order valence-electron chi connectivity index (χ4n) is 1.50. The summed E-state index contributed by atoms with van der Waals surface area (Å²) in [5.74, 6) is -1.92. The molecule has 0 aliphatic heterocycles. The molecule has 7 heteroatoms. The topological polar surface area (TPSA) is 55.1 Å². The second kappa shape index (κ2) is 5.78. The Bertz CT molecular complexity index is 496. The SMILES string of the molecule is CCC(C)(CN)NC(=O)c1cc(C(F)(F)F)ccc1F. The minimum Gasteiger partial charge on any atom is -0.346 e. The maximum absolute atomic E-state index is 13.5. The number of alkyl halides is 3. The van der Waals surface area contributed by atoms with Gasteiger partial charge in [-0.2, -0.15) is 13.2 Å². The molecule has 3 nitrogen and oxygen atoms in total. The van der Waals surface area contributed by atoms with Crippen molar-refractivity contribution in [3.8, 4) is 0 Å². The zero-order chi connectivity index (χ0) is 15.6. The van der Waals surface area contributed by atoms with Gasteiger partial charge >= 0.3 is 6.18 Å². The number of nitrogens with two attached hydrogens (primary N) is 1. The molecule has 1 unspecified atom stereocenters. The number of amides is 1. The first-order valence-corrected chi connectivity index (χ1v) is 6.02. The van der Waals surface area contributed by atoms with Gasteiger partial charge in [-0.15, -0.1) is 0 Å². The van der Waals surface area contributed by atoms with Crippen LogP contribution in [0.25, 0.3) is 0 Å². The summed E-state index contributed by atoms with van der Waals surface area (Å²) in [6.45, 7) is 3.49. The van der Waals surface area contributed by atoms with Crippen LogP contribution >= 0.6 is 0 Å². The van der Waals surface area contributed by atoms with Gasteiger partial charge in [0, 0.05) is 12.1 Å². The van der Waals surface area contributed by atoms with Crippen molar-refractivity contribution in [2.45, 2.75) is 32.0 Å². The van der Waals surface area contributed by atoms with E-state index in [1.165, 1.54) is 0 Å². The Kier molecular flexibility index (Phi) is 4.75. The summed E-state index contributed by atoms with van der Waals surface area (Å²) in [6, 6.07) is 1.72. The van der Waals surface area contributed by atoms with Crippen molar-refractivity contribution in [2.75, 3.05) is 6.54 Å². The average Bonchev–Trinajstić information content (AvgIpc) is 2.37. The summed E-state index contributed by atoms with van der Waals surface area (Å²) >= 11 is 0. The minimum absolute atomic E-state index is 0.0931. The van der Waals surface area contributed by atoms with Crippen LogP contribution in [0, 0.1) is 5.82 Å². The third kappa shape index (κ3) is 3.69. The second-order valence-electron chi connectivity index (χ2n) is 4.76. The number of hydrogen-bond acceptors (Lipinski definition) is 2. The maximum Gasteiger partial charge on any atom is 0.416 e. The van der Waals surface area contributed by atoms with Crippen molar-refractivity contribution in [3.63, 3.8) is 0 Å². The Morgan fingerprint density at radius 1 is 1.35 bits per heavy atom. The van der Waals surface area contributed by atoms with Crippen LogP contribution < -0.4 is 11.1 Å². The van der Waals surface area contributed by atoms with E-state index in [0.717, 1.165) is 0 Å². The van der Waals surface area contributed by atoms with E-state index in [2.05, 4.69) is 5.32 Å². The van der Waals surface area contributed by atoms with Gasteiger partial charge in [0.15, 0.2) is 0 Å². The normalized spacial score (nSPS) is 14.8. The number of halogens is 4. The van der Waals surface area contributed by atoms with Gasteiger partial charge < -0.3 is 11.1 Å². The summed E-state index contributed by atoms with van der Waals surface area (Å²) in [5, 5.41) is 2.46. The number of hydrogen-bond donors (Lipinski definition) is 2. The molecule has 0 aliphatic rings. The molecule has 0 aliphatic carbocycles. The van der Waals surface area contributed by atoms with Crippen LogP contribution in [0.5, 0.6) is 0 Å². The summed E-state index contributed by atoms with van der Waals surface area (Å²) in [6.07, 6.45) is -4.17. The highest BCUT2D eigenvalue weighted by molar-refractivity contribution is 5.95. The van der Waals surface area contributed by atoms with Gasteiger partial charge in [-0.25, -0.2) is 4.39 Å². The molecular formula is C13H16F4N2O. The van der Waals surface area contributed by atoms with Crippen LogP contribution in [0.15, 0.2) is 18.2 Å². The van der Waals surface area contributed by atoms with E-state index in [9.17, 15) is 22.4 Å². The Morgan fingerprint density at radius 3 is 2.40 bits per heavy atom. The van der Waals surface area contributed by atoms with E-state index < -0.39 is 34.6 Å². The lowest BCUT2D eigenvalue weighted by atomic mass is 9.98. The Hall–Kier alpha value is -1.63. The molecule has 0 spiro atoms. The molecule has 0 fully saturated rings. The molecule has 3 N–H and O–H groups in total. The van der Waals surface area contributed by atoms with Gasteiger partial charge in [0.25, 0.3) is 5.91 Å². The molecule has 1 rings (SSSR count). The zero-order valence-electron chi connectivity index (χ0n) is 11.1. The molecule has 0 saturated carbocycles. The molecule has 1 aromatic carbocycles. The molecule has 0 heterocycles. The molecule has 0 saturated heterocycles. The van der Waals surface area contributed by atoms with Crippen molar-refractivity contribution in [1.29, 1.82) is 0 Å². The maximum atomic E-state index is 13.5. The van der Waals surface area contributed by atoms with Gasteiger partial charge in [0.1, 0.15) is 5.82 Å². The lowest BCUT2D eigenvalue weighted by molar-refractivity contribution is -0.137. The van der Waals surface area contributed by atoms with Gasteiger partial charge in [-0.05, 0) is 31.5 Å². The molecule has 0 radical (unpaired) electrons. The zero-order valence-corrected chi connectivity index (χ0v) is 11.1. The van der Waals surface area contributed by atoms with Crippen LogP contribution in [-0.4, -0.2) is 18.0 Å². The van der Waals surface area contributed by atoms with Crippen LogP contribution in [-0.2, 0) is 6.18 Å². The minimum atomic E-state index is -4.63. The predicted molar refractivity (Wildman–Crippen MR) is 66.6 cm³/mol. The number of nitrogens with one attached hydrogen (secondary N) is 1. The Balaban J connectivity index is 3.10. The van der Waals surface area contributed by atoms with Gasteiger partial charge in [0.2, 0.25) is 0 Å². The van der Waals surface area contributed by atoms with Gasteiger partial charge in [-0.1, -0.05) is 6.92 Å². The van der Waals surface area contributed by atoms with Crippen LogP contribution in [0.4, 0.5) is 17.6 Å². The predicted octanol–water partition coefficient (Wildman–Crippen LogP) is 2.70. The number of carbonyl (C=O) groups is 1. The van der Waals surface area contributed by atoms with E-state index in [4.69, 9.17) is 5.73 Å². The molecule has 0 bridgehead atoms. The van der Waals surface area contributed by atoms with Gasteiger partial charge in [-0.3, -0.25) is 4.79 Å². The van der Waals surface area contributed by atoms with Crippen molar-refractivity contribution in [1.82, 2.24) is 5.32 Å². The van der Waals surface area contributed by atoms with E-state index in [1.807, 2.05) is 0 Å². The molecule has 1 amide bonds. The quantitative estimate of drug-likeness (QED) is 0.838. The summed E-state index contributed by atoms with van der Waals surface area (Å²) in [7, 11) is 0. The van der Waals surface area contributed by atoms with Gasteiger partial charge in [0.05, 0.1) is 11.1 Å². The average molecular weight is 292 g/mol. The molecule has 1 atom stereocenters. The number of benzene rings is 1. The highest BCUT2D eigenvalue weighted by Crippen LogP contribution is 2.30. The fraction of sp³-hybridized carbons (Fsp3) is 0.462. The highest BCUT2D eigenvalue weighted by atomic mass is 19.4. The molecule has 0 aromatic heterocycles. The van der Waals surface area contributed by atoms with Crippen molar-refractivity contribution < 1.29 is 22.4 Å². The fourth-order valence-corrected chi connectivity index (χ4v) is 1.50. The van der Waals surface area contributed by atoms with Crippen LogP contribution in [0.1, 0.15) is 36.2 Å². The Morgan fingerprint density at radius 2 is 1.95 bits per heavy atom. The van der Waals surface area contributed by atoms with Crippen molar-refractivity contribution in [2.24, 2.45) is 5.73 Å². The summed E-state index contributed by atoms with van der Waals surface area (Å²) in [5.41, 5.74) is 2.98. The lowest BCUT2D eigenvalue weighted by Gasteiger charge is -2.28. The van der Waals surface area contributed by atoms with Crippen LogP contribution in [0.2, 0.25) is 0 Å². The lowest BCUT2D eigenvalue weighted by Crippen LogP contribution is -2.51.